The summed E-state index contributed by atoms with van der Waals surface area (Å²) in [5.74, 6) is 0. The third-order valence-corrected chi connectivity index (χ3v) is 1.89. The van der Waals surface area contributed by atoms with Crippen molar-refractivity contribution in [2.75, 3.05) is 0 Å². The maximum atomic E-state index is 4.07. The van der Waals surface area contributed by atoms with Crippen LogP contribution in [0.15, 0.2) is 30.9 Å². The molecule has 0 aliphatic carbocycles. The van der Waals surface area contributed by atoms with Crippen LogP contribution in [0, 0.1) is 13.8 Å². The molecule has 0 saturated heterocycles. The third kappa shape index (κ3) is 1.59. The predicted octanol–water partition coefficient (Wildman–Crippen LogP) is 1.88. The second-order valence-corrected chi connectivity index (χ2v) is 3.19. The highest BCUT2D eigenvalue weighted by Crippen LogP contribution is 2.11. The molecule has 1 heterocycles. The molecule has 0 N–H and O–H groups in total. The highest BCUT2D eigenvalue weighted by molar-refractivity contribution is 5.38. The maximum Gasteiger partial charge on any atom is 0.138 e. The summed E-state index contributed by atoms with van der Waals surface area (Å²) in [6.07, 6.45) is 3.24. The van der Waals surface area contributed by atoms with Crippen LogP contribution in [0.2, 0.25) is 0 Å². The third-order valence-electron chi connectivity index (χ3n) is 1.89. The van der Waals surface area contributed by atoms with Gasteiger partial charge in [0, 0.05) is 0 Å². The zero-order valence-corrected chi connectivity index (χ0v) is 7.73. The molecule has 66 valence electrons. The van der Waals surface area contributed by atoms with Crippen molar-refractivity contribution in [3.8, 4) is 5.69 Å². The van der Waals surface area contributed by atoms with Crippen molar-refractivity contribution in [3.63, 3.8) is 0 Å². The van der Waals surface area contributed by atoms with E-state index in [1.807, 2.05) is 0 Å². The van der Waals surface area contributed by atoms with Crippen LogP contribution in [0.5, 0.6) is 0 Å². The fourth-order valence-corrected chi connectivity index (χ4v) is 1.42. The van der Waals surface area contributed by atoms with E-state index < -0.39 is 0 Å². The van der Waals surface area contributed by atoms with Gasteiger partial charge in [-0.3, -0.25) is 0 Å². The molecule has 0 bridgehead atoms. The lowest BCUT2D eigenvalue weighted by molar-refractivity contribution is 0.876. The lowest BCUT2D eigenvalue weighted by Crippen LogP contribution is -1.95. The van der Waals surface area contributed by atoms with Crippen molar-refractivity contribution in [2.24, 2.45) is 0 Å². The molecule has 1 aromatic heterocycles. The molecule has 13 heavy (non-hydrogen) atoms. The zero-order chi connectivity index (χ0) is 9.26. The molecule has 3 heteroatoms. The molecule has 0 aliphatic rings. The normalized spacial score (nSPS) is 10.3. The van der Waals surface area contributed by atoms with Gasteiger partial charge < -0.3 is 0 Å². The van der Waals surface area contributed by atoms with Crippen molar-refractivity contribution in [1.29, 1.82) is 0 Å². The van der Waals surface area contributed by atoms with Crippen LogP contribution in [0.4, 0.5) is 0 Å². The van der Waals surface area contributed by atoms with Crippen LogP contribution in [-0.2, 0) is 0 Å². The first-order valence-corrected chi connectivity index (χ1v) is 4.19. The minimum absolute atomic E-state index is 1.06. The Labute approximate surface area is 77.0 Å². The van der Waals surface area contributed by atoms with E-state index >= 15 is 0 Å². The van der Waals surface area contributed by atoms with Gasteiger partial charge in [0.25, 0.3) is 0 Å². The molecule has 1 aromatic carbocycles. The van der Waals surface area contributed by atoms with Gasteiger partial charge in [-0.1, -0.05) is 6.07 Å². The van der Waals surface area contributed by atoms with E-state index in [1.54, 1.807) is 11.0 Å². The van der Waals surface area contributed by atoms with Crippen molar-refractivity contribution >= 4 is 0 Å². The summed E-state index contributed by atoms with van der Waals surface area (Å²) in [4.78, 5) is 3.91. The van der Waals surface area contributed by atoms with E-state index in [0.717, 1.165) is 5.69 Å². The van der Waals surface area contributed by atoms with Crippen LogP contribution < -0.4 is 0 Å². The molecular weight excluding hydrogens is 162 g/mol. The van der Waals surface area contributed by atoms with Crippen molar-refractivity contribution in [2.45, 2.75) is 13.8 Å². The first-order valence-electron chi connectivity index (χ1n) is 4.19. The quantitative estimate of drug-likeness (QED) is 0.659. The Morgan fingerprint density at radius 2 is 1.77 bits per heavy atom. The van der Waals surface area contributed by atoms with Crippen molar-refractivity contribution < 1.29 is 0 Å². The number of hydrogen-bond donors (Lipinski definition) is 0. The summed E-state index contributed by atoms with van der Waals surface area (Å²) in [7, 11) is 0. The molecule has 0 atom stereocenters. The molecule has 3 nitrogen and oxygen atoms in total. The van der Waals surface area contributed by atoms with Gasteiger partial charge >= 0.3 is 0 Å². The van der Waals surface area contributed by atoms with E-state index in [0.29, 0.717) is 0 Å². The van der Waals surface area contributed by atoms with Gasteiger partial charge in [-0.2, -0.15) is 5.10 Å². The SMILES string of the molecule is Cc1cc(C)cc(-n2cncn2)c1. The highest BCUT2D eigenvalue weighted by atomic mass is 15.3. The Hall–Kier alpha value is -1.64. The molecule has 2 aromatic rings. The van der Waals surface area contributed by atoms with E-state index in [9.17, 15) is 0 Å². The van der Waals surface area contributed by atoms with Gasteiger partial charge in [0.05, 0.1) is 5.69 Å². The number of benzene rings is 1. The van der Waals surface area contributed by atoms with Crippen molar-refractivity contribution in [1.82, 2.24) is 14.8 Å². The van der Waals surface area contributed by atoms with Crippen LogP contribution in [0.1, 0.15) is 11.1 Å². The van der Waals surface area contributed by atoms with Crippen molar-refractivity contribution in [3.05, 3.63) is 42.0 Å². The number of nitrogens with zero attached hydrogens (tertiary/aromatic N) is 3. The van der Waals surface area contributed by atoms with Crippen LogP contribution in [0.25, 0.3) is 5.69 Å². The highest BCUT2D eigenvalue weighted by Gasteiger charge is 1.97. The topological polar surface area (TPSA) is 30.7 Å². The summed E-state index contributed by atoms with van der Waals surface area (Å²) in [6.45, 7) is 4.15. The Bertz CT molecular complexity index is 384. The first-order chi connectivity index (χ1) is 6.25. The zero-order valence-electron chi connectivity index (χ0n) is 7.73. The summed E-state index contributed by atoms with van der Waals surface area (Å²) >= 11 is 0. The fraction of sp³-hybridized carbons (Fsp3) is 0.200. The minimum Gasteiger partial charge on any atom is -0.223 e. The Kier molecular flexibility index (Phi) is 1.85. The molecule has 0 saturated carbocycles. The predicted molar refractivity (Wildman–Crippen MR) is 50.8 cm³/mol. The van der Waals surface area contributed by atoms with Gasteiger partial charge in [0.2, 0.25) is 0 Å². The van der Waals surface area contributed by atoms with Gasteiger partial charge in [-0.15, -0.1) is 0 Å². The average molecular weight is 173 g/mol. The van der Waals surface area contributed by atoms with E-state index in [1.165, 1.54) is 17.5 Å². The molecule has 0 amide bonds. The molecule has 0 radical (unpaired) electrons. The smallest absolute Gasteiger partial charge is 0.138 e. The summed E-state index contributed by atoms with van der Waals surface area (Å²) in [5, 5.41) is 4.07. The van der Waals surface area contributed by atoms with Gasteiger partial charge in [-0.25, -0.2) is 9.67 Å². The van der Waals surface area contributed by atoms with Gasteiger partial charge in [0.15, 0.2) is 0 Å². The van der Waals surface area contributed by atoms with Crippen LogP contribution >= 0.6 is 0 Å². The molecular formula is C10H11N3. The minimum atomic E-state index is 1.06. The first kappa shape index (κ1) is 7.98. The Balaban J connectivity index is 2.53. The van der Waals surface area contributed by atoms with Gasteiger partial charge in [-0.05, 0) is 37.1 Å². The summed E-state index contributed by atoms with van der Waals surface area (Å²) < 4.78 is 1.76. The largest absolute Gasteiger partial charge is 0.223 e. The Morgan fingerprint density at radius 1 is 1.08 bits per heavy atom. The van der Waals surface area contributed by atoms with Crippen LogP contribution in [0.3, 0.4) is 0 Å². The lowest BCUT2D eigenvalue weighted by atomic mass is 10.1. The monoisotopic (exact) mass is 173 g/mol. The molecule has 0 spiro atoms. The fourth-order valence-electron chi connectivity index (χ4n) is 1.42. The number of aromatic nitrogens is 3. The summed E-state index contributed by atoms with van der Waals surface area (Å²) in [5.41, 5.74) is 3.55. The lowest BCUT2D eigenvalue weighted by Gasteiger charge is -2.03. The number of hydrogen-bond acceptors (Lipinski definition) is 2. The second-order valence-electron chi connectivity index (χ2n) is 3.19. The number of rotatable bonds is 1. The molecule has 0 unspecified atom stereocenters. The molecule has 0 fully saturated rings. The van der Waals surface area contributed by atoms with Crippen LogP contribution in [-0.4, -0.2) is 14.8 Å². The standard InChI is InChI=1S/C10H11N3/c1-8-3-9(2)5-10(4-8)13-7-11-6-12-13/h3-7H,1-2H3. The number of aryl methyl sites for hydroxylation is 2. The summed E-state index contributed by atoms with van der Waals surface area (Å²) in [6, 6.07) is 6.31. The van der Waals surface area contributed by atoms with E-state index in [4.69, 9.17) is 0 Å². The Morgan fingerprint density at radius 3 is 2.31 bits per heavy atom. The maximum absolute atomic E-state index is 4.07. The second kappa shape index (κ2) is 3.01. The molecule has 0 aliphatic heterocycles. The van der Waals surface area contributed by atoms with E-state index in [2.05, 4.69) is 42.1 Å². The van der Waals surface area contributed by atoms with Gasteiger partial charge in [0.1, 0.15) is 12.7 Å². The molecule has 2 rings (SSSR count). The average Bonchev–Trinajstić information content (AvgIpc) is 2.53. The van der Waals surface area contributed by atoms with E-state index in [-0.39, 0.29) is 0 Å².